The molecule has 3 nitrogen and oxygen atoms in total. The molecule has 3 aromatic rings. The van der Waals surface area contributed by atoms with Crippen molar-refractivity contribution >= 4 is 11.6 Å². The van der Waals surface area contributed by atoms with Crippen LogP contribution in [0.1, 0.15) is 46.9 Å². The van der Waals surface area contributed by atoms with Gasteiger partial charge in [0.25, 0.3) is 0 Å². The first-order valence-electron chi connectivity index (χ1n) is 11.2. The minimum atomic E-state index is 0.115. The minimum absolute atomic E-state index is 0.115. The molecule has 5 rings (SSSR count). The quantitative estimate of drug-likeness (QED) is 0.536. The van der Waals surface area contributed by atoms with Gasteiger partial charge in [-0.2, -0.15) is 0 Å². The number of nitrogens with zero attached hydrogens (tertiary/aromatic N) is 1. The maximum atomic E-state index is 10.2. The van der Waals surface area contributed by atoms with Crippen LogP contribution in [0.3, 0.4) is 0 Å². The Morgan fingerprint density at radius 3 is 2.35 bits per heavy atom. The average Bonchev–Trinajstić information content (AvgIpc) is 3.32. The Bertz CT molecular complexity index is 1030. The van der Waals surface area contributed by atoms with Crippen molar-refractivity contribution < 1.29 is 9.84 Å². The Morgan fingerprint density at radius 2 is 1.61 bits per heavy atom. The summed E-state index contributed by atoms with van der Waals surface area (Å²) >= 11 is 6.13. The van der Waals surface area contributed by atoms with Crippen molar-refractivity contribution in [2.75, 3.05) is 26.2 Å². The number of hydrogen-bond donors (Lipinski definition) is 1. The predicted octanol–water partition coefficient (Wildman–Crippen LogP) is 5.99. The zero-order chi connectivity index (χ0) is 21.2. The van der Waals surface area contributed by atoms with Gasteiger partial charge < -0.3 is 14.7 Å². The second-order valence-corrected chi connectivity index (χ2v) is 9.15. The van der Waals surface area contributed by atoms with Gasteiger partial charge in [-0.3, -0.25) is 0 Å². The first-order valence-corrected chi connectivity index (χ1v) is 11.6. The number of likely N-dealkylation sites (tertiary alicyclic amines) is 1. The van der Waals surface area contributed by atoms with Crippen molar-refractivity contribution in [1.82, 2.24) is 4.90 Å². The van der Waals surface area contributed by atoms with E-state index < -0.39 is 0 Å². The average molecular weight is 434 g/mol. The Labute approximate surface area is 189 Å². The molecule has 0 aromatic heterocycles. The second-order valence-electron chi connectivity index (χ2n) is 8.71. The fraction of sp³-hybridized carbons (Fsp3) is 0.333. The van der Waals surface area contributed by atoms with Crippen molar-refractivity contribution in [3.8, 4) is 11.5 Å². The minimum Gasteiger partial charge on any atom is -0.508 e. The molecular formula is C27H28ClNO2. The van der Waals surface area contributed by atoms with Gasteiger partial charge in [-0.05, 0) is 79.4 Å². The van der Waals surface area contributed by atoms with Crippen LogP contribution in [0.15, 0.2) is 66.7 Å². The van der Waals surface area contributed by atoms with Gasteiger partial charge in [-0.25, -0.2) is 0 Å². The Morgan fingerprint density at radius 1 is 0.903 bits per heavy atom. The van der Waals surface area contributed by atoms with Crippen LogP contribution in [0.5, 0.6) is 11.5 Å². The standard InChI is InChI=1S/C27H28ClNO2/c28-22-9-7-20(8-10-22)25-18-31-26-12-11-23(30)17-24(26)27(25)21-5-3-19(4-6-21)13-16-29-14-1-2-15-29/h3-12,17,25,27,30H,1-2,13-16,18H2/t25-,27-/m0/s1. The third kappa shape index (κ3) is 4.44. The molecule has 0 aliphatic carbocycles. The van der Waals surface area contributed by atoms with E-state index >= 15 is 0 Å². The third-order valence-electron chi connectivity index (χ3n) is 6.70. The van der Waals surface area contributed by atoms with Crippen molar-refractivity contribution in [1.29, 1.82) is 0 Å². The zero-order valence-corrected chi connectivity index (χ0v) is 18.4. The number of ether oxygens (including phenoxy) is 1. The van der Waals surface area contributed by atoms with Crippen molar-refractivity contribution in [3.63, 3.8) is 0 Å². The summed E-state index contributed by atoms with van der Waals surface area (Å²) < 4.78 is 6.10. The Hall–Kier alpha value is -2.49. The summed E-state index contributed by atoms with van der Waals surface area (Å²) in [5.41, 5.74) is 4.86. The first-order chi connectivity index (χ1) is 15.2. The van der Waals surface area contributed by atoms with E-state index in [4.69, 9.17) is 16.3 Å². The number of phenolic OH excluding ortho intramolecular Hbond substituents is 1. The first kappa shape index (κ1) is 20.4. The SMILES string of the molecule is Oc1ccc2c(c1)[C@H](c1ccc(CCN3CCCC3)cc1)[C@H](c1ccc(Cl)cc1)CO2. The van der Waals surface area contributed by atoms with E-state index in [1.165, 1.54) is 42.6 Å². The lowest BCUT2D eigenvalue weighted by atomic mass is 9.75. The van der Waals surface area contributed by atoms with Crippen molar-refractivity contribution in [2.24, 2.45) is 0 Å². The molecule has 160 valence electrons. The third-order valence-corrected chi connectivity index (χ3v) is 6.95. The van der Waals surface area contributed by atoms with Gasteiger partial charge in [0.2, 0.25) is 0 Å². The number of rotatable bonds is 5. The highest BCUT2D eigenvalue weighted by Gasteiger charge is 2.33. The molecule has 0 amide bonds. The number of benzene rings is 3. The molecule has 3 aromatic carbocycles. The zero-order valence-electron chi connectivity index (χ0n) is 17.6. The van der Waals surface area contributed by atoms with Gasteiger partial charge >= 0.3 is 0 Å². The second kappa shape index (κ2) is 8.94. The van der Waals surface area contributed by atoms with E-state index in [1.54, 1.807) is 6.07 Å². The van der Waals surface area contributed by atoms with E-state index in [0.717, 1.165) is 29.3 Å². The van der Waals surface area contributed by atoms with Gasteiger partial charge in [0.05, 0.1) is 6.61 Å². The lowest BCUT2D eigenvalue weighted by Crippen LogP contribution is -2.25. The van der Waals surface area contributed by atoms with Gasteiger partial charge in [0.1, 0.15) is 11.5 Å². The molecule has 0 spiro atoms. The molecule has 0 radical (unpaired) electrons. The lowest BCUT2D eigenvalue weighted by Gasteiger charge is -2.34. The molecule has 31 heavy (non-hydrogen) atoms. The van der Waals surface area contributed by atoms with Crippen LogP contribution in [0.2, 0.25) is 5.02 Å². The highest BCUT2D eigenvalue weighted by molar-refractivity contribution is 6.30. The number of halogens is 1. The van der Waals surface area contributed by atoms with Gasteiger partial charge in [0.15, 0.2) is 0 Å². The maximum Gasteiger partial charge on any atom is 0.123 e. The van der Waals surface area contributed by atoms with Gasteiger partial charge in [-0.15, -0.1) is 0 Å². The normalized spacial score (nSPS) is 20.9. The van der Waals surface area contributed by atoms with Gasteiger partial charge in [0, 0.05) is 29.0 Å². The molecule has 1 N–H and O–H groups in total. The molecular weight excluding hydrogens is 406 g/mol. The molecule has 2 heterocycles. The number of hydrogen-bond acceptors (Lipinski definition) is 3. The van der Waals surface area contributed by atoms with E-state index in [2.05, 4.69) is 41.3 Å². The van der Waals surface area contributed by atoms with Crippen molar-refractivity contribution in [2.45, 2.75) is 31.1 Å². The van der Waals surface area contributed by atoms with E-state index in [1.807, 2.05) is 24.3 Å². The van der Waals surface area contributed by atoms with E-state index in [9.17, 15) is 5.11 Å². The van der Waals surface area contributed by atoms with E-state index in [0.29, 0.717) is 6.61 Å². The summed E-state index contributed by atoms with van der Waals surface area (Å²) in [7, 11) is 0. The number of aromatic hydroxyl groups is 1. The van der Waals surface area contributed by atoms with E-state index in [-0.39, 0.29) is 17.6 Å². The highest BCUT2D eigenvalue weighted by atomic mass is 35.5. The number of fused-ring (bicyclic) bond motifs is 1. The molecule has 2 aliphatic rings. The van der Waals surface area contributed by atoms with Crippen molar-refractivity contribution in [3.05, 3.63) is 94.0 Å². The summed E-state index contributed by atoms with van der Waals surface area (Å²) in [4.78, 5) is 2.56. The lowest BCUT2D eigenvalue weighted by molar-refractivity contribution is 0.248. The molecule has 1 saturated heterocycles. The van der Waals surface area contributed by atoms with Crippen LogP contribution >= 0.6 is 11.6 Å². The molecule has 1 fully saturated rings. The molecule has 0 saturated carbocycles. The molecule has 2 aliphatic heterocycles. The van der Waals surface area contributed by atoms with Gasteiger partial charge in [-0.1, -0.05) is 48.0 Å². The Kier molecular flexibility index (Phi) is 5.89. The fourth-order valence-corrected chi connectivity index (χ4v) is 5.12. The molecule has 2 atom stereocenters. The summed E-state index contributed by atoms with van der Waals surface area (Å²) in [6, 6.07) is 22.5. The predicted molar refractivity (Wildman–Crippen MR) is 125 cm³/mol. The monoisotopic (exact) mass is 433 g/mol. The van der Waals surface area contributed by atoms with Crippen LogP contribution in [0, 0.1) is 0 Å². The summed E-state index contributed by atoms with van der Waals surface area (Å²) in [6.45, 7) is 4.22. The Balaban J connectivity index is 1.45. The molecule has 0 bridgehead atoms. The summed E-state index contributed by atoms with van der Waals surface area (Å²) in [5.74, 6) is 1.39. The summed E-state index contributed by atoms with van der Waals surface area (Å²) in [5, 5.41) is 10.9. The molecule has 4 heteroatoms. The summed E-state index contributed by atoms with van der Waals surface area (Å²) in [6.07, 6.45) is 3.76. The molecule has 0 unspecified atom stereocenters. The van der Waals surface area contributed by atoms with Crippen LogP contribution in [0.4, 0.5) is 0 Å². The van der Waals surface area contributed by atoms with Crippen LogP contribution in [-0.2, 0) is 6.42 Å². The fourth-order valence-electron chi connectivity index (χ4n) is 5.00. The van der Waals surface area contributed by atoms with Crippen LogP contribution in [0.25, 0.3) is 0 Å². The van der Waals surface area contributed by atoms with Crippen LogP contribution in [-0.4, -0.2) is 36.2 Å². The maximum absolute atomic E-state index is 10.2. The highest BCUT2D eigenvalue weighted by Crippen LogP contribution is 2.47. The topological polar surface area (TPSA) is 32.7 Å². The number of phenols is 1. The largest absolute Gasteiger partial charge is 0.508 e. The smallest absolute Gasteiger partial charge is 0.123 e. The van der Waals surface area contributed by atoms with Crippen LogP contribution < -0.4 is 4.74 Å².